The Hall–Kier alpha value is -3.86. The number of aliphatic hydroxyl groups excluding tert-OH is 1. The highest BCUT2D eigenvalue weighted by molar-refractivity contribution is 6.51. The Morgan fingerprint density at radius 1 is 0.757 bits per heavy atom. The van der Waals surface area contributed by atoms with E-state index >= 15 is 0 Å². The van der Waals surface area contributed by atoms with Gasteiger partial charge in [-0.25, -0.2) is 0 Å². The number of hydrogen-bond donors (Lipinski definition) is 1. The molecular weight excluding hydrogens is 462 g/mol. The summed E-state index contributed by atoms with van der Waals surface area (Å²) in [4.78, 5) is 28.4. The van der Waals surface area contributed by atoms with Gasteiger partial charge in [-0.2, -0.15) is 0 Å². The van der Waals surface area contributed by atoms with Crippen LogP contribution in [0.4, 0.5) is 5.69 Å². The standard InChI is InChI=1S/C32H35NO4/c1-31(2,3)22-12-8-20(9-13-22)27-26(28(34)21-10-18-25(37-7)19-11-21)29(35)30(36)33(27)24-16-14-23(15-17-24)32(4,5)6/h8-19,27,34H,1-7H3/b28-26-. The Morgan fingerprint density at radius 3 is 1.70 bits per heavy atom. The molecule has 0 aromatic heterocycles. The molecule has 0 aliphatic carbocycles. The van der Waals surface area contributed by atoms with E-state index in [1.54, 1.807) is 31.4 Å². The first-order chi connectivity index (χ1) is 17.3. The third kappa shape index (κ3) is 5.04. The Balaban J connectivity index is 1.89. The van der Waals surface area contributed by atoms with E-state index in [0.29, 0.717) is 17.0 Å². The average Bonchev–Trinajstić information content (AvgIpc) is 3.13. The zero-order chi connectivity index (χ0) is 27.1. The molecule has 1 fully saturated rings. The molecule has 1 atom stereocenters. The third-order valence-electron chi connectivity index (χ3n) is 6.91. The highest BCUT2D eigenvalue weighted by Crippen LogP contribution is 2.43. The first kappa shape index (κ1) is 26.2. The minimum Gasteiger partial charge on any atom is -0.507 e. The van der Waals surface area contributed by atoms with Gasteiger partial charge in [0.1, 0.15) is 11.5 Å². The van der Waals surface area contributed by atoms with Crippen molar-refractivity contribution in [1.29, 1.82) is 0 Å². The summed E-state index contributed by atoms with van der Waals surface area (Å²) in [6, 6.07) is 21.6. The van der Waals surface area contributed by atoms with Crippen LogP contribution in [0.25, 0.3) is 5.76 Å². The molecule has 5 heteroatoms. The lowest BCUT2D eigenvalue weighted by atomic mass is 9.85. The van der Waals surface area contributed by atoms with Crippen LogP contribution in [-0.2, 0) is 20.4 Å². The lowest BCUT2D eigenvalue weighted by Gasteiger charge is -2.27. The van der Waals surface area contributed by atoms with Gasteiger partial charge in [-0.05, 0) is 63.9 Å². The summed E-state index contributed by atoms with van der Waals surface area (Å²) in [5.41, 5.74) is 4.03. The summed E-state index contributed by atoms with van der Waals surface area (Å²) in [5.74, 6) is -0.952. The molecule has 1 aliphatic heterocycles. The normalized spacial score (nSPS) is 17.8. The number of carbonyl (C=O) groups is 2. The molecule has 37 heavy (non-hydrogen) atoms. The van der Waals surface area contributed by atoms with Gasteiger partial charge in [0.05, 0.1) is 18.7 Å². The first-order valence-electron chi connectivity index (χ1n) is 12.5. The van der Waals surface area contributed by atoms with Crippen LogP contribution >= 0.6 is 0 Å². The minimum absolute atomic E-state index is 0.0494. The van der Waals surface area contributed by atoms with E-state index in [1.165, 1.54) is 4.90 Å². The Bertz CT molecular complexity index is 1340. The quantitative estimate of drug-likeness (QED) is 0.241. The molecule has 0 radical (unpaired) electrons. The van der Waals surface area contributed by atoms with Crippen molar-refractivity contribution in [2.45, 2.75) is 58.4 Å². The number of nitrogens with zero attached hydrogens (tertiary/aromatic N) is 1. The van der Waals surface area contributed by atoms with Crippen molar-refractivity contribution < 1.29 is 19.4 Å². The fourth-order valence-electron chi connectivity index (χ4n) is 4.61. The molecule has 3 aromatic rings. The van der Waals surface area contributed by atoms with Crippen LogP contribution in [0.2, 0.25) is 0 Å². The number of Topliss-reactive ketones (excluding diaryl/α,β-unsaturated/α-hetero) is 1. The van der Waals surface area contributed by atoms with E-state index < -0.39 is 17.7 Å². The molecule has 192 valence electrons. The molecule has 1 saturated heterocycles. The summed E-state index contributed by atoms with van der Waals surface area (Å²) in [7, 11) is 1.56. The molecule has 1 aliphatic rings. The van der Waals surface area contributed by atoms with Gasteiger partial charge in [-0.15, -0.1) is 0 Å². The highest BCUT2D eigenvalue weighted by atomic mass is 16.5. The van der Waals surface area contributed by atoms with Crippen LogP contribution in [0.5, 0.6) is 5.75 Å². The van der Waals surface area contributed by atoms with Crippen LogP contribution in [0, 0.1) is 0 Å². The molecular formula is C32H35NO4. The van der Waals surface area contributed by atoms with Crippen molar-refractivity contribution in [2.75, 3.05) is 12.0 Å². The van der Waals surface area contributed by atoms with Gasteiger partial charge in [-0.3, -0.25) is 14.5 Å². The molecule has 1 N–H and O–H groups in total. The van der Waals surface area contributed by atoms with E-state index in [0.717, 1.165) is 16.7 Å². The fraction of sp³-hybridized carbons (Fsp3) is 0.312. The molecule has 0 saturated carbocycles. The SMILES string of the molecule is COc1ccc(/C(O)=C2/C(=O)C(=O)N(c3ccc(C(C)(C)C)cc3)C2c2ccc(C(C)(C)C)cc2)cc1. The van der Waals surface area contributed by atoms with Gasteiger partial charge >= 0.3 is 0 Å². The van der Waals surface area contributed by atoms with Gasteiger partial charge in [0.2, 0.25) is 0 Å². The van der Waals surface area contributed by atoms with E-state index in [9.17, 15) is 14.7 Å². The third-order valence-corrected chi connectivity index (χ3v) is 6.91. The Kier molecular flexibility index (Phi) is 6.76. The predicted octanol–water partition coefficient (Wildman–Crippen LogP) is 6.92. The zero-order valence-electron chi connectivity index (χ0n) is 22.6. The highest BCUT2D eigenvalue weighted by Gasteiger charge is 2.47. The maximum absolute atomic E-state index is 13.5. The van der Waals surface area contributed by atoms with Gasteiger partial charge in [0.25, 0.3) is 11.7 Å². The minimum atomic E-state index is -0.767. The molecule has 5 nitrogen and oxygen atoms in total. The van der Waals surface area contributed by atoms with Crippen molar-refractivity contribution in [3.05, 3.63) is 101 Å². The molecule has 1 amide bonds. The summed E-state index contributed by atoms with van der Waals surface area (Å²) in [6.45, 7) is 12.8. The van der Waals surface area contributed by atoms with Crippen molar-refractivity contribution in [3.8, 4) is 5.75 Å². The van der Waals surface area contributed by atoms with Crippen LogP contribution in [-0.4, -0.2) is 23.9 Å². The molecule has 0 spiro atoms. The lowest BCUT2D eigenvalue weighted by molar-refractivity contribution is -0.132. The topological polar surface area (TPSA) is 66.8 Å². The smallest absolute Gasteiger partial charge is 0.300 e. The second-order valence-corrected chi connectivity index (χ2v) is 11.6. The summed E-state index contributed by atoms with van der Waals surface area (Å²) in [6.07, 6.45) is 0. The number of aliphatic hydroxyl groups is 1. The lowest BCUT2D eigenvalue weighted by Crippen LogP contribution is -2.29. The number of rotatable bonds is 4. The number of anilines is 1. The van der Waals surface area contributed by atoms with Crippen LogP contribution in [0.15, 0.2) is 78.4 Å². The van der Waals surface area contributed by atoms with Gasteiger partial charge in [-0.1, -0.05) is 77.9 Å². The zero-order valence-corrected chi connectivity index (χ0v) is 22.6. The second kappa shape index (κ2) is 9.55. The molecule has 4 rings (SSSR count). The van der Waals surface area contributed by atoms with Crippen molar-refractivity contribution in [3.63, 3.8) is 0 Å². The Morgan fingerprint density at radius 2 is 1.24 bits per heavy atom. The fourth-order valence-corrected chi connectivity index (χ4v) is 4.61. The summed E-state index contributed by atoms with van der Waals surface area (Å²) in [5, 5.41) is 11.3. The molecule has 0 bridgehead atoms. The number of ether oxygens (including phenoxy) is 1. The second-order valence-electron chi connectivity index (χ2n) is 11.6. The first-order valence-corrected chi connectivity index (χ1v) is 12.5. The number of hydrogen-bond acceptors (Lipinski definition) is 4. The monoisotopic (exact) mass is 497 g/mol. The average molecular weight is 498 g/mol. The van der Waals surface area contributed by atoms with Crippen molar-refractivity contribution in [2.24, 2.45) is 0 Å². The van der Waals surface area contributed by atoms with Gasteiger partial charge in [0.15, 0.2) is 0 Å². The van der Waals surface area contributed by atoms with Gasteiger partial charge in [0, 0.05) is 11.3 Å². The molecule has 1 heterocycles. The van der Waals surface area contributed by atoms with Crippen molar-refractivity contribution >= 4 is 23.1 Å². The van der Waals surface area contributed by atoms with E-state index in [-0.39, 0.29) is 22.2 Å². The van der Waals surface area contributed by atoms with Gasteiger partial charge < -0.3 is 9.84 Å². The Labute approximate surface area is 219 Å². The number of amides is 1. The number of benzene rings is 3. The largest absolute Gasteiger partial charge is 0.507 e. The maximum Gasteiger partial charge on any atom is 0.300 e. The van der Waals surface area contributed by atoms with Crippen LogP contribution in [0.3, 0.4) is 0 Å². The summed E-state index contributed by atoms with van der Waals surface area (Å²) >= 11 is 0. The van der Waals surface area contributed by atoms with Crippen molar-refractivity contribution in [1.82, 2.24) is 0 Å². The number of methoxy groups -OCH3 is 1. The van der Waals surface area contributed by atoms with Crippen LogP contribution in [0.1, 0.15) is 69.8 Å². The predicted molar refractivity (Wildman–Crippen MR) is 148 cm³/mol. The van der Waals surface area contributed by atoms with E-state index in [1.807, 2.05) is 48.5 Å². The maximum atomic E-state index is 13.5. The molecule has 1 unspecified atom stereocenters. The van der Waals surface area contributed by atoms with E-state index in [2.05, 4.69) is 41.5 Å². The number of ketones is 1. The molecule has 3 aromatic carbocycles. The van der Waals surface area contributed by atoms with E-state index in [4.69, 9.17) is 4.74 Å². The summed E-state index contributed by atoms with van der Waals surface area (Å²) < 4.78 is 5.22. The van der Waals surface area contributed by atoms with Crippen LogP contribution < -0.4 is 9.64 Å². The number of carbonyl (C=O) groups excluding carboxylic acids is 2.